The highest BCUT2D eigenvalue weighted by atomic mass is 79.9. The second kappa shape index (κ2) is 5.76. The first-order valence-corrected chi connectivity index (χ1v) is 6.67. The minimum Gasteiger partial charge on any atom is -0.478 e. The molecular weight excluding hydrogens is 351 g/mol. The second-order valence-electron chi connectivity index (χ2n) is 4.07. The molecule has 0 bridgehead atoms. The monoisotopic (exact) mass is 358 g/mol. The number of anilines is 2. The fraction of sp³-hybridized carbons (Fsp3) is 0.0769. The molecule has 1 aromatic carbocycles. The summed E-state index contributed by atoms with van der Waals surface area (Å²) in [5.74, 6) is -1.17. The molecule has 104 valence electrons. The Balaban J connectivity index is 2.35. The van der Waals surface area contributed by atoms with Gasteiger partial charge in [0.25, 0.3) is 0 Å². The molecule has 20 heavy (non-hydrogen) atoms. The summed E-state index contributed by atoms with van der Waals surface area (Å²) in [6.07, 6.45) is 1.20. The van der Waals surface area contributed by atoms with E-state index in [1.165, 1.54) is 18.3 Å². The number of aryl methyl sites for hydroxylation is 1. The SMILES string of the molecule is Cc1cc(F)c(Br)cc1Nc1ncc(C(=O)O)cc1Cl. The largest absolute Gasteiger partial charge is 0.478 e. The van der Waals surface area contributed by atoms with Gasteiger partial charge in [-0.05, 0) is 46.6 Å². The fourth-order valence-electron chi connectivity index (χ4n) is 1.56. The Morgan fingerprint density at radius 1 is 1.45 bits per heavy atom. The van der Waals surface area contributed by atoms with Crippen LogP contribution < -0.4 is 5.32 Å². The highest BCUT2D eigenvalue weighted by Gasteiger charge is 2.11. The zero-order chi connectivity index (χ0) is 14.9. The zero-order valence-corrected chi connectivity index (χ0v) is 12.6. The van der Waals surface area contributed by atoms with Crippen molar-refractivity contribution in [3.8, 4) is 0 Å². The van der Waals surface area contributed by atoms with Crippen LogP contribution in [0.2, 0.25) is 5.02 Å². The number of carbonyl (C=O) groups is 1. The number of pyridine rings is 1. The van der Waals surface area contributed by atoms with E-state index in [4.69, 9.17) is 16.7 Å². The Bertz CT molecular complexity index is 694. The molecule has 4 nitrogen and oxygen atoms in total. The van der Waals surface area contributed by atoms with Crippen molar-refractivity contribution in [2.45, 2.75) is 6.92 Å². The van der Waals surface area contributed by atoms with E-state index in [1.54, 1.807) is 13.0 Å². The van der Waals surface area contributed by atoms with Crippen molar-refractivity contribution in [2.75, 3.05) is 5.32 Å². The van der Waals surface area contributed by atoms with Crippen molar-refractivity contribution in [2.24, 2.45) is 0 Å². The Kier molecular flexibility index (Phi) is 4.25. The van der Waals surface area contributed by atoms with Gasteiger partial charge in [-0.25, -0.2) is 14.2 Å². The van der Waals surface area contributed by atoms with E-state index in [0.717, 1.165) is 0 Å². The maximum Gasteiger partial charge on any atom is 0.337 e. The smallest absolute Gasteiger partial charge is 0.337 e. The van der Waals surface area contributed by atoms with Crippen LogP contribution in [0, 0.1) is 12.7 Å². The molecule has 2 aromatic rings. The van der Waals surface area contributed by atoms with Gasteiger partial charge < -0.3 is 10.4 Å². The number of nitrogens with zero attached hydrogens (tertiary/aromatic N) is 1. The van der Waals surface area contributed by atoms with Crippen LogP contribution in [0.15, 0.2) is 28.9 Å². The third kappa shape index (κ3) is 3.08. The number of hydrogen-bond donors (Lipinski definition) is 2. The Morgan fingerprint density at radius 2 is 2.15 bits per heavy atom. The summed E-state index contributed by atoms with van der Waals surface area (Å²) in [5, 5.41) is 11.9. The topological polar surface area (TPSA) is 62.2 Å². The van der Waals surface area contributed by atoms with Gasteiger partial charge in [-0.3, -0.25) is 0 Å². The van der Waals surface area contributed by atoms with Gasteiger partial charge in [-0.1, -0.05) is 11.6 Å². The number of carboxylic acids is 1. The lowest BCUT2D eigenvalue weighted by Gasteiger charge is -2.11. The van der Waals surface area contributed by atoms with E-state index < -0.39 is 5.97 Å². The summed E-state index contributed by atoms with van der Waals surface area (Å²) in [4.78, 5) is 14.7. The molecule has 0 atom stereocenters. The molecule has 1 heterocycles. The molecule has 0 aliphatic carbocycles. The quantitative estimate of drug-likeness (QED) is 0.853. The van der Waals surface area contributed by atoms with Crippen molar-refractivity contribution < 1.29 is 14.3 Å². The van der Waals surface area contributed by atoms with Gasteiger partial charge in [0.1, 0.15) is 11.6 Å². The van der Waals surface area contributed by atoms with E-state index in [9.17, 15) is 9.18 Å². The number of aromatic nitrogens is 1. The number of carboxylic acid groups (broad SMARTS) is 1. The van der Waals surface area contributed by atoms with Gasteiger partial charge in [0, 0.05) is 11.9 Å². The number of benzene rings is 1. The first kappa shape index (κ1) is 14.7. The van der Waals surface area contributed by atoms with Gasteiger partial charge >= 0.3 is 5.97 Å². The van der Waals surface area contributed by atoms with Gasteiger partial charge in [-0.2, -0.15) is 0 Å². The average Bonchev–Trinajstić information content (AvgIpc) is 2.37. The van der Waals surface area contributed by atoms with Gasteiger partial charge in [0.05, 0.1) is 15.1 Å². The maximum absolute atomic E-state index is 13.3. The van der Waals surface area contributed by atoms with Crippen LogP contribution in [0.3, 0.4) is 0 Å². The molecular formula is C13H9BrClFN2O2. The van der Waals surface area contributed by atoms with Crippen LogP contribution in [-0.2, 0) is 0 Å². The first-order valence-electron chi connectivity index (χ1n) is 5.50. The van der Waals surface area contributed by atoms with E-state index in [2.05, 4.69) is 26.2 Å². The predicted octanol–water partition coefficient (Wildman–Crippen LogP) is 4.39. The molecule has 2 N–H and O–H groups in total. The van der Waals surface area contributed by atoms with Gasteiger partial charge in [0.15, 0.2) is 0 Å². The Labute approximate surface area is 127 Å². The summed E-state index contributed by atoms with van der Waals surface area (Å²) in [6, 6.07) is 4.23. The van der Waals surface area contributed by atoms with Crippen LogP contribution in [0.1, 0.15) is 15.9 Å². The average molecular weight is 360 g/mol. The minimum absolute atomic E-state index is 0.00226. The number of aromatic carboxylic acids is 1. The van der Waals surface area contributed by atoms with E-state index in [1.807, 2.05) is 0 Å². The lowest BCUT2D eigenvalue weighted by atomic mass is 10.2. The molecule has 0 aliphatic rings. The number of nitrogens with one attached hydrogen (secondary N) is 1. The molecule has 0 amide bonds. The molecule has 0 unspecified atom stereocenters. The number of hydrogen-bond acceptors (Lipinski definition) is 3. The second-order valence-corrected chi connectivity index (χ2v) is 5.33. The third-order valence-corrected chi connectivity index (χ3v) is 3.50. The normalized spacial score (nSPS) is 10.4. The minimum atomic E-state index is -1.10. The Morgan fingerprint density at radius 3 is 2.75 bits per heavy atom. The summed E-state index contributed by atoms with van der Waals surface area (Å²) in [6.45, 7) is 1.73. The van der Waals surface area contributed by atoms with E-state index in [0.29, 0.717) is 21.5 Å². The summed E-state index contributed by atoms with van der Waals surface area (Å²) < 4.78 is 13.6. The predicted molar refractivity (Wildman–Crippen MR) is 78.3 cm³/mol. The van der Waals surface area contributed by atoms with Crippen molar-refractivity contribution in [3.63, 3.8) is 0 Å². The van der Waals surface area contributed by atoms with Crippen LogP contribution in [0.25, 0.3) is 0 Å². The molecule has 0 saturated heterocycles. The molecule has 0 aliphatic heterocycles. The van der Waals surface area contributed by atoms with Crippen molar-refractivity contribution in [3.05, 3.63) is 50.8 Å². The van der Waals surface area contributed by atoms with Gasteiger partial charge in [0.2, 0.25) is 0 Å². The van der Waals surface area contributed by atoms with Crippen LogP contribution in [-0.4, -0.2) is 16.1 Å². The van der Waals surface area contributed by atoms with Crippen LogP contribution >= 0.6 is 27.5 Å². The highest BCUT2D eigenvalue weighted by Crippen LogP contribution is 2.29. The first-order chi connectivity index (χ1) is 9.38. The summed E-state index contributed by atoms with van der Waals surface area (Å²) in [7, 11) is 0. The van der Waals surface area contributed by atoms with Crippen LogP contribution in [0.5, 0.6) is 0 Å². The fourth-order valence-corrected chi connectivity index (χ4v) is 2.11. The Hall–Kier alpha value is -1.66. The van der Waals surface area contributed by atoms with Crippen LogP contribution in [0.4, 0.5) is 15.9 Å². The molecule has 2 rings (SSSR count). The standard InChI is InChI=1S/C13H9BrClFN2O2/c1-6-2-10(16)8(14)4-11(6)18-12-9(15)3-7(5-17-12)13(19)20/h2-5H,1H3,(H,17,18)(H,19,20). The summed E-state index contributed by atoms with van der Waals surface area (Å²) >= 11 is 9.07. The van der Waals surface area contributed by atoms with Gasteiger partial charge in [-0.15, -0.1) is 0 Å². The number of rotatable bonds is 3. The lowest BCUT2D eigenvalue weighted by molar-refractivity contribution is 0.0696. The molecule has 0 fully saturated rings. The molecule has 0 spiro atoms. The van der Waals surface area contributed by atoms with Crippen molar-refractivity contribution in [1.29, 1.82) is 0 Å². The van der Waals surface area contributed by atoms with Crippen molar-refractivity contribution in [1.82, 2.24) is 4.98 Å². The third-order valence-electron chi connectivity index (χ3n) is 2.61. The molecule has 0 saturated carbocycles. The van der Waals surface area contributed by atoms with E-state index in [-0.39, 0.29) is 16.4 Å². The lowest BCUT2D eigenvalue weighted by Crippen LogP contribution is -2.01. The summed E-state index contributed by atoms with van der Waals surface area (Å²) in [5.41, 5.74) is 1.29. The number of halogens is 3. The zero-order valence-electron chi connectivity index (χ0n) is 10.2. The van der Waals surface area contributed by atoms with Crippen molar-refractivity contribution >= 4 is 45.0 Å². The molecule has 1 aromatic heterocycles. The maximum atomic E-state index is 13.3. The van der Waals surface area contributed by atoms with E-state index >= 15 is 0 Å². The molecule has 0 radical (unpaired) electrons. The highest BCUT2D eigenvalue weighted by molar-refractivity contribution is 9.10. The molecule has 7 heteroatoms.